The Kier molecular flexibility index (Phi) is 6.91. The van der Waals surface area contributed by atoms with Gasteiger partial charge in [-0.15, -0.1) is 11.3 Å². The van der Waals surface area contributed by atoms with Gasteiger partial charge in [0.25, 0.3) is 5.91 Å². The lowest BCUT2D eigenvalue weighted by atomic mass is 10.1. The lowest BCUT2D eigenvalue weighted by Gasteiger charge is -2.34. The molecule has 0 saturated carbocycles. The molecule has 0 bridgehead atoms. The number of piperazine rings is 1. The van der Waals surface area contributed by atoms with Crippen molar-refractivity contribution in [2.24, 2.45) is 0 Å². The van der Waals surface area contributed by atoms with Gasteiger partial charge in [-0.25, -0.2) is 9.37 Å². The lowest BCUT2D eigenvalue weighted by Crippen LogP contribution is -2.48. The second kappa shape index (κ2) is 10.4. The molecule has 8 nitrogen and oxygen atoms in total. The molecule has 2 amide bonds. The van der Waals surface area contributed by atoms with Crippen LogP contribution >= 0.6 is 11.3 Å². The molecule has 3 heterocycles. The van der Waals surface area contributed by atoms with E-state index in [9.17, 15) is 14.0 Å². The van der Waals surface area contributed by atoms with E-state index in [1.807, 2.05) is 22.4 Å². The zero-order valence-electron chi connectivity index (χ0n) is 19.0. The predicted molar refractivity (Wildman–Crippen MR) is 129 cm³/mol. The quantitative estimate of drug-likeness (QED) is 0.539. The molecule has 5 rings (SSSR count). The zero-order chi connectivity index (χ0) is 24.2. The van der Waals surface area contributed by atoms with Crippen LogP contribution in [0.3, 0.4) is 0 Å². The normalized spacial score (nSPS) is 15.3. The van der Waals surface area contributed by atoms with Crippen LogP contribution in [-0.2, 0) is 17.8 Å². The van der Waals surface area contributed by atoms with Gasteiger partial charge in [-0.05, 0) is 48.4 Å². The van der Waals surface area contributed by atoms with E-state index in [1.165, 1.54) is 41.2 Å². The molecule has 0 radical (unpaired) electrons. The average molecular weight is 497 g/mol. The Balaban J connectivity index is 1.05. The first-order chi connectivity index (χ1) is 17.0. The van der Waals surface area contributed by atoms with Crippen LogP contribution in [0, 0.1) is 5.82 Å². The highest BCUT2D eigenvalue weighted by atomic mass is 32.1. The van der Waals surface area contributed by atoms with Gasteiger partial charge in [0.1, 0.15) is 5.82 Å². The minimum absolute atomic E-state index is 0.109. The molecular weight excluding hydrogens is 471 g/mol. The largest absolute Gasteiger partial charge is 0.454 e. The molecule has 1 fully saturated rings. The minimum atomic E-state index is -0.395. The topological polar surface area (TPSA) is 84.0 Å². The Labute approximate surface area is 206 Å². The van der Waals surface area contributed by atoms with Crippen molar-refractivity contribution in [2.75, 3.05) is 38.3 Å². The number of aromatic nitrogens is 1. The van der Waals surface area contributed by atoms with Crippen molar-refractivity contribution >= 4 is 28.3 Å². The van der Waals surface area contributed by atoms with Gasteiger partial charge in [-0.1, -0.05) is 6.07 Å². The number of thiazole rings is 1. The first-order valence-corrected chi connectivity index (χ1v) is 12.3. The van der Waals surface area contributed by atoms with E-state index in [4.69, 9.17) is 9.47 Å². The number of hydrogen-bond donors (Lipinski definition) is 1. The number of ether oxygens (including phenoxy) is 2. The molecule has 2 aliphatic rings. The van der Waals surface area contributed by atoms with Crippen molar-refractivity contribution < 1.29 is 23.5 Å². The van der Waals surface area contributed by atoms with Gasteiger partial charge in [0.15, 0.2) is 16.6 Å². The number of rotatable bonds is 7. The van der Waals surface area contributed by atoms with E-state index in [-0.39, 0.29) is 18.6 Å². The zero-order valence-corrected chi connectivity index (χ0v) is 19.9. The summed E-state index contributed by atoms with van der Waals surface area (Å²) in [5.74, 6) is 0.940. The predicted octanol–water partition coefficient (Wildman–Crippen LogP) is 3.54. The summed E-state index contributed by atoms with van der Waals surface area (Å²) in [7, 11) is 0. The van der Waals surface area contributed by atoms with E-state index in [2.05, 4.69) is 21.3 Å². The van der Waals surface area contributed by atoms with Gasteiger partial charge in [0.05, 0.1) is 5.69 Å². The molecule has 2 aromatic carbocycles. The molecule has 10 heteroatoms. The molecule has 35 heavy (non-hydrogen) atoms. The van der Waals surface area contributed by atoms with E-state index in [0.29, 0.717) is 36.6 Å². The van der Waals surface area contributed by atoms with Crippen LogP contribution in [0.1, 0.15) is 28.0 Å². The third kappa shape index (κ3) is 5.77. The SMILES string of the molecule is O=C(Nc1nc(CCC(=O)N2CCN(Cc3ccc4c(c3)OCO4)CC2)cs1)c1ccc(F)cc1. The Morgan fingerprint density at radius 2 is 1.80 bits per heavy atom. The van der Waals surface area contributed by atoms with Gasteiger partial charge in [0.2, 0.25) is 12.7 Å². The highest BCUT2D eigenvalue weighted by molar-refractivity contribution is 7.14. The van der Waals surface area contributed by atoms with Crippen molar-refractivity contribution in [1.82, 2.24) is 14.8 Å². The number of fused-ring (bicyclic) bond motifs is 1. The Morgan fingerprint density at radius 1 is 1.03 bits per heavy atom. The molecule has 0 aliphatic carbocycles. The first kappa shape index (κ1) is 23.3. The number of hydrogen-bond acceptors (Lipinski definition) is 7. The molecule has 1 aromatic heterocycles. The number of amides is 2. The number of carbonyl (C=O) groups excluding carboxylic acids is 2. The second-order valence-electron chi connectivity index (χ2n) is 8.45. The summed E-state index contributed by atoms with van der Waals surface area (Å²) in [5.41, 5.74) is 2.29. The number of benzene rings is 2. The number of anilines is 1. The summed E-state index contributed by atoms with van der Waals surface area (Å²) in [4.78, 5) is 33.6. The van der Waals surface area contributed by atoms with Crippen molar-refractivity contribution in [2.45, 2.75) is 19.4 Å². The third-order valence-electron chi connectivity index (χ3n) is 6.04. The monoisotopic (exact) mass is 496 g/mol. The maximum atomic E-state index is 13.0. The third-order valence-corrected chi connectivity index (χ3v) is 6.85. The van der Waals surface area contributed by atoms with Crippen LogP contribution in [0.15, 0.2) is 47.8 Å². The van der Waals surface area contributed by atoms with Gasteiger partial charge >= 0.3 is 0 Å². The van der Waals surface area contributed by atoms with Crippen molar-refractivity contribution in [3.05, 3.63) is 70.5 Å². The van der Waals surface area contributed by atoms with E-state index >= 15 is 0 Å². The molecule has 0 spiro atoms. The first-order valence-electron chi connectivity index (χ1n) is 11.4. The van der Waals surface area contributed by atoms with Gasteiger partial charge in [-0.3, -0.25) is 19.8 Å². The smallest absolute Gasteiger partial charge is 0.257 e. The van der Waals surface area contributed by atoms with Gasteiger partial charge in [0, 0.05) is 50.1 Å². The fourth-order valence-corrected chi connectivity index (χ4v) is 4.84. The van der Waals surface area contributed by atoms with Gasteiger partial charge < -0.3 is 14.4 Å². The lowest BCUT2D eigenvalue weighted by molar-refractivity contribution is -0.133. The summed E-state index contributed by atoms with van der Waals surface area (Å²) in [6.07, 6.45) is 0.885. The molecule has 0 unspecified atom stereocenters. The van der Waals surface area contributed by atoms with Crippen LogP contribution in [0.2, 0.25) is 0 Å². The fraction of sp³-hybridized carbons (Fsp3) is 0.320. The number of carbonyl (C=O) groups is 2. The van der Waals surface area contributed by atoms with E-state index in [0.717, 1.165) is 36.8 Å². The van der Waals surface area contributed by atoms with Crippen LogP contribution in [0.25, 0.3) is 0 Å². The number of aryl methyl sites for hydroxylation is 1. The van der Waals surface area contributed by atoms with Crippen molar-refractivity contribution in [3.63, 3.8) is 0 Å². The highest BCUT2D eigenvalue weighted by Gasteiger charge is 2.22. The number of halogens is 1. The van der Waals surface area contributed by atoms with E-state index < -0.39 is 5.82 Å². The molecule has 0 atom stereocenters. The van der Waals surface area contributed by atoms with Crippen LogP contribution < -0.4 is 14.8 Å². The van der Waals surface area contributed by atoms with Crippen molar-refractivity contribution in [3.8, 4) is 11.5 Å². The van der Waals surface area contributed by atoms with Crippen molar-refractivity contribution in [1.29, 1.82) is 0 Å². The van der Waals surface area contributed by atoms with Crippen LogP contribution in [0.4, 0.5) is 9.52 Å². The summed E-state index contributed by atoms with van der Waals surface area (Å²) in [6.45, 7) is 4.10. The number of nitrogens with one attached hydrogen (secondary N) is 1. The number of nitrogens with zero attached hydrogens (tertiary/aromatic N) is 3. The maximum absolute atomic E-state index is 13.0. The van der Waals surface area contributed by atoms with Crippen LogP contribution in [0.5, 0.6) is 11.5 Å². The highest BCUT2D eigenvalue weighted by Crippen LogP contribution is 2.32. The average Bonchev–Trinajstić information content (AvgIpc) is 3.52. The molecule has 1 N–H and O–H groups in total. The molecule has 2 aliphatic heterocycles. The maximum Gasteiger partial charge on any atom is 0.257 e. The summed E-state index contributed by atoms with van der Waals surface area (Å²) in [6, 6.07) is 11.3. The minimum Gasteiger partial charge on any atom is -0.454 e. The Bertz CT molecular complexity index is 1210. The molecule has 3 aromatic rings. The Hall–Kier alpha value is -3.50. The summed E-state index contributed by atoms with van der Waals surface area (Å²) >= 11 is 1.31. The molecule has 182 valence electrons. The molecular formula is C25H25FN4O4S. The van der Waals surface area contributed by atoms with Crippen LogP contribution in [-0.4, -0.2) is 59.6 Å². The van der Waals surface area contributed by atoms with E-state index in [1.54, 1.807) is 0 Å². The standard InChI is InChI=1S/C25H25FN4O4S/c26-19-4-2-18(3-5-19)24(32)28-25-27-20(15-35-25)6-8-23(31)30-11-9-29(10-12-30)14-17-1-7-21-22(13-17)34-16-33-21/h1-5,7,13,15H,6,8-12,14,16H2,(H,27,28,32). The van der Waals surface area contributed by atoms with Gasteiger partial charge in [-0.2, -0.15) is 0 Å². The fourth-order valence-electron chi connectivity index (χ4n) is 4.10. The Morgan fingerprint density at radius 3 is 2.60 bits per heavy atom. The second-order valence-corrected chi connectivity index (χ2v) is 9.31. The summed E-state index contributed by atoms with van der Waals surface area (Å²) in [5, 5.41) is 5.02. The molecule has 1 saturated heterocycles. The summed E-state index contributed by atoms with van der Waals surface area (Å²) < 4.78 is 23.8.